The predicted molar refractivity (Wildman–Crippen MR) is 105 cm³/mol. The standard InChI is InChI=1S/C20H23N5O2/c1-2-3-4-5-16(26)14-9-6-13(7-10-14)8-11-15-12-22-18-17(23-15)19(27)25-20(21)24-18/h6-7,9-10,12H,2-5,8,11H2,1H3,(H3,21,22,24,25,27). The molecule has 0 bridgehead atoms. The molecule has 3 N–H and O–H groups in total. The molecule has 140 valence electrons. The Morgan fingerprint density at radius 2 is 1.89 bits per heavy atom. The molecule has 0 fully saturated rings. The number of nitrogen functional groups attached to an aromatic ring is 1. The predicted octanol–water partition coefficient (Wildman–Crippen LogP) is 2.84. The van der Waals surface area contributed by atoms with Crippen molar-refractivity contribution < 1.29 is 4.79 Å². The Bertz CT molecular complexity index is 995. The molecule has 0 unspecified atom stereocenters. The molecule has 0 spiro atoms. The Kier molecular flexibility index (Phi) is 5.90. The number of nitrogens with one attached hydrogen (secondary N) is 1. The van der Waals surface area contributed by atoms with E-state index in [1.807, 2.05) is 24.3 Å². The maximum absolute atomic E-state index is 12.1. The number of unbranched alkanes of at least 4 members (excludes halogenated alkanes) is 2. The lowest BCUT2D eigenvalue weighted by Gasteiger charge is -2.05. The van der Waals surface area contributed by atoms with Crippen LogP contribution in [0.1, 0.15) is 54.2 Å². The van der Waals surface area contributed by atoms with Crippen molar-refractivity contribution >= 4 is 22.9 Å². The Morgan fingerprint density at radius 1 is 1.11 bits per heavy atom. The number of anilines is 1. The maximum atomic E-state index is 12.1. The van der Waals surface area contributed by atoms with Crippen molar-refractivity contribution in [3.05, 3.63) is 57.6 Å². The number of hydrogen-bond acceptors (Lipinski definition) is 6. The van der Waals surface area contributed by atoms with Crippen molar-refractivity contribution in [2.24, 2.45) is 0 Å². The molecule has 27 heavy (non-hydrogen) atoms. The van der Waals surface area contributed by atoms with Gasteiger partial charge in [0.05, 0.1) is 11.9 Å². The average Bonchev–Trinajstić information content (AvgIpc) is 2.67. The largest absolute Gasteiger partial charge is 0.369 e. The van der Waals surface area contributed by atoms with Crippen LogP contribution in [0.5, 0.6) is 0 Å². The minimum atomic E-state index is -0.391. The summed E-state index contributed by atoms with van der Waals surface area (Å²) < 4.78 is 0. The third kappa shape index (κ3) is 4.75. The van der Waals surface area contributed by atoms with E-state index >= 15 is 0 Å². The number of aromatic amines is 1. The van der Waals surface area contributed by atoms with Crippen molar-refractivity contribution in [1.82, 2.24) is 19.9 Å². The van der Waals surface area contributed by atoms with E-state index in [0.29, 0.717) is 18.5 Å². The highest BCUT2D eigenvalue weighted by atomic mass is 16.1. The van der Waals surface area contributed by atoms with Crippen molar-refractivity contribution in [3.63, 3.8) is 0 Å². The fraction of sp³-hybridized carbons (Fsp3) is 0.350. The van der Waals surface area contributed by atoms with Crippen LogP contribution in [0.3, 0.4) is 0 Å². The molecule has 3 aromatic rings. The van der Waals surface area contributed by atoms with Gasteiger partial charge < -0.3 is 5.73 Å². The average molecular weight is 365 g/mol. The highest BCUT2D eigenvalue weighted by Gasteiger charge is 2.08. The Labute approximate surface area is 157 Å². The van der Waals surface area contributed by atoms with Crippen molar-refractivity contribution in [2.75, 3.05) is 5.73 Å². The van der Waals surface area contributed by atoms with Gasteiger partial charge in [0.1, 0.15) is 0 Å². The second kappa shape index (κ2) is 8.53. The number of fused-ring (bicyclic) bond motifs is 1. The summed E-state index contributed by atoms with van der Waals surface area (Å²) in [6.07, 6.45) is 6.73. The van der Waals surface area contributed by atoms with E-state index in [9.17, 15) is 9.59 Å². The van der Waals surface area contributed by atoms with Gasteiger partial charge >= 0.3 is 0 Å². The van der Waals surface area contributed by atoms with E-state index < -0.39 is 5.56 Å². The topological polar surface area (TPSA) is 115 Å². The van der Waals surface area contributed by atoms with Crippen LogP contribution >= 0.6 is 0 Å². The summed E-state index contributed by atoms with van der Waals surface area (Å²) in [5.74, 6) is 0.222. The Hall–Kier alpha value is -3.09. The van der Waals surface area contributed by atoms with Gasteiger partial charge in [-0.25, -0.2) is 9.97 Å². The molecular weight excluding hydrogens is 342 g/mol. The van der Waals surface area contributed by atoms with Crippen LogP contribution in [-0.2, 0) is 12.8 Å². The zero-order valence-corrected chi connectivity index (χ0v) is 15.4. The quantitative estimate of drug-likeness (QED) is 0.468. The Morgan fingerprint density at radius 3 is 2.63 bits per heavy atom. The van der Waals surface area contributed by atoms with Crippen molar-refractivity contribution in [1.29, 1.82) is 0 Å². The second-order valence-corrected chi connectivity index (χ2v) is 6.56. The van der Waals surface area contributed by atoms with Crippen LogP contribution in [0.15, 0.2) is 35.3 Å². The molecule has 7 nitrogen and oxygen atoms in total. The van der Waals surface area contributed by atoms with Crippen LogP contribution in [0.4, 0.5) is 5.95 Å². The molecule has 0 saturated carbocycles. The number of ketones is 1. The summed E-state index contributed by atoms with van der Waals surface area (Å²) in [5, 5.41) is 0. The highest BCUT2D eigenvalue weighted by molar-refractivity contribution is 5.96. The molecule has 0 aliphatic rings. The molecular formula is C20H23N5O2. The van der Waals surface area contributed by atoms with Crippen LogP contribution in [0.25, 0.3) is 11.2 Å². The van der Waals surface area contributed by atoms with Gasteiger partial charge in [0.15, 0.2) is 16.9 Å². The SMILES string of the molecule is CCCCCC(=O)c1ccc(CCc2cnc3nc(N)[nH]c(=O)c3n2)cc1. The molecule has 0 saturated heterocycles. The number of benzene rings is 1. The number of aryl methyl sites for hydroxylation is 2. The highest BCUT2D eigenvalue weighted by Crippen LogP contribution is 2.12. The van der Waals surface area contributed by atoms with Crippen molar-refractivity contribution in [3.8, 4) is 0 Å². The molecule has 1 aromatic carbocycles. The van der Waals surface area contributed by atoms with E-state index in [1.165, 1.54) is 0 Å². The third-order valence-corrected chi connectivity index (χ3v) is 4.44. The first kappa shape index (κ1) is 18.7. The third-order valence-electron chi connectivity index (χ3n) is 4.44. The molecule has 0 aliphatic carbocycles. The first-order valence-electron chi connectivity index (χ1n) is 9.20. The number of nitrogens with zero attached hydrogens (tertiary/aromatic N) is 3. The van der Waals surface area contributed by atoms with Gasteiger partial charge in [-0.1, -0.05) is 44.0 Å². The molecule has 3 rings (SSSR count). The minimum absolute atomic E-state index is 0.0267. The first-order chi connectivity index (χ1) is 13.1. The number of hydrogen-bond donors (Lipinski definition) is 2. The molecule has 0 amide bonds. The van der Waals surface area contributed by atoms with Crippen LogP contribution in [0.2, 0.25) is 0 Å². The van der Waals surface area contributed by atoms with E-state index in [-0.39, 0.29) is 22.9 Å². The molecule has 7 heteroatoms. The summed E-state index contributed by atoms with van der Waals surface area (Å²) in [7, 11) is 0. The van der Waals surface area contributed by atoms with Crippen LogP contribution < -0.4 is 11.3 Å². The number of H-pyrrole nitrogens is 1. The maximum Gasteiger partial charge on any atom is 0.280 e. The summed E-state index contributed by atoms with van der Waals surface area (Å²) in [4.78, 5) is 38.9. The fourth-order valence-electron chi connectivity index (χ4n) is 2.90. The number of nitrogens with two attached hydrogens (primary N) is 1. The zero-order chi connectivity index (χ0) is 19.2. The Balaban J connectivity index is 1.64. The molecule has 0 radical (unpaired) electrons. The number of carbonyl (C=O) groups is 1. The lowest BCUT2D eigenvalue weighted by atomic mass is 10.0. The molecule has 2 heterocycles. The number of Topliss-reactive ketones (excluding diaryl/α,β-unsaturated/α-hetero) is 1. The monoisotopic (exact) mass is 365 g/mol. The smallest absolute Gasteiger partial charge is 0.280 e. The summed E-state index contributed by atoms with van der Waals surface area (Å²) in [5.41, 5.74) is 8.12. The lowest BCUT2D eigenvalue weighted by Crippen LogP contribution is -2.14. The fourth-order valence-corrected chi connectivity index (χ4v) is 2.90. The summed E-state index contributed by atoms with van der Waals surface area (Å²) in [6.45, 7) is 2.13. The number of rotatable bonds is 8. The van der Waals surface area contributed by atoms with Gasteiger partial charge in [-0.15, -0.1) is 0 Å². The van der Waals surface area contributed by atoms with Crippen molar-refractivity contribution in [2.45, 2.75) is 45.4 Å². The van der Waals surface area contributed by atoms with E-state index in [2.05, 4.69) is 26.9 Å². The van der Waals surface area contributed by atoms with Gasteiger partial charge in [0.2, 0.25) is 5.95 Å². The van der Waals surface area contributed by atoms with Gasteiger partial charge in [-0.05, 0) is 24.8 Å². The van der Waals surface area contributed by atoms with E-state index in [4.69, 9.17) is 5.73 Å². The molecule has 0 aliphatic heterocycles. The van der Waals surface area contributed by atoms with E-state index in [0.717, 1.165) is 36.8 Å². The molecule has 0 atom stereocenters. The normalized spacial score (nSPS) is 11.0. The first-order valence-corrected chi connectivity index (χ1v) is 9.20. The summed E-state index contributed by atoms with van der Waals surface area (Å²) in [6, 6.07) is 7.70. The van der Waals surface area contributed by atoms with Crippen LogP contribution in [0, 0.1) is 0 Å². The summed E-state index contributed by atoms with van der Waals surface area (Å²) >= 11 is 0. The zero-order valence-electron chi connectivity index (χ0n) is 15.4. The number of carbonyl (C=O) groups excluding carboxylic acids is 1. The lowest BCUT2D eigenvalue weighted by molar-refractivity contribution is 0.0979. The minimum Gasteiger partial charge on any atom is -0.369 e. The number of aromatic nitrogens is 4. The van der Waals surface area contributed by atoms with E-state index in [1.54, 1.807) is 6.20 Å². The van der Waals surface area contributed by atoms with Gasteiger partial charge in [0, 0.05) is 12.0 Å². The second-order valence-electron chi connectivity index (χ2n) is 6.56. The van der Waals surface area contributed by atoms with Gasteiger partial charge in [-0.3, -0.25) is 14.6 Å². The molecule has 2 aromatic heterocycles. The van der Waals surface area contributed by atoms with Crippen LogP contribution in [-0.4, -0.2) is 25.7 Å². The van der Waals surface area contributed by atoms with Gasteiger partial charge in [-0.2, -0.15) is 4.98 Å². The van der Waals surface area contributed by atoms with Gasteiger partial charge in [0.25, 0.3) is 5.56 Å².